The molecule has 41 heavy (non-hydrogen) atoms. The molecule has 3 aromatic rings. The molecule has 9 nitrogen and oxygen atoms in total. The van der Waals surface area contributed by atoms with Gasteiger partial charge < -0.3 is 25.0 Å². The number of nitrogens with two attached hydrogens (primary N) is 1. The molecule has 1 unspecified atom stereocenters. The highest BCUT2D eigenvalue weighted by Crippen LogP contribution is 2.40. The minimum absolute atomic E-state index is 0.0433. The summed E-state index contributed by atoms with van der Waals surface area (Å²) in [7, 11) is -1.79. The molecule has 0 spiro atoms. The summed E-state index contributed by atoms with van der Waals surface area (Å²) in [5.74, 6) is -1.62. The van der Waals surface area contributed by atoms with Crippen molar-refractivity contribution < 1.29 is 35.7 Å². The van der Waals surface area contributed by atoms with Gasteiger partial charge in [0, 0.05) is 17.9 Å². The van der Waals surface area contributed by atoms with Crippen LogP contribution in [0.4, 0.5) is 23.2 Å². The summed E-state index contributed by atoms with van der Waals surface area (Å²) < 4.78 is 71.0. The monoisotopic (exact) mass is 615 g/mol. The molecule has 2 N–H and O–H groups in total. The highest BCUT2D eigenvalue weighted by Gasteiger charge is 2.45. The lowest BCUT2D eigenvalue weighted by atomic mass is 9.80. The van der Waals surface area contributed by atoms with Crippen molar-refractivity contribution >= 4 is 34.0 Å². The van der Waals surface area contributed by atoms with Crippen molar-refractivity contribution in [3.05, 3.63) is 63.9 Å². The van der Waals surface area contributed by atoms with Crippen LogP contribution in [0.2, 0.25) is 5.02 Å². The smallest absolute Gasteiger partial charge is 0.438 e. The van der Waals surface area contributed by atoms with Crippen LogP contribution in [0.1, 0.15) is 31.2 Å². The number of aromatic nitrogens is 2. The molecule has 2 aliphatic heterocycles. The van der Waals surface area contributed by atoms with E-state index in [1.807, 2.05) is 0 Å². The van der Waals surface area contributed by atoms with E-state index in [4.69, 9.17) is 21.9 Å². The van der Waals surface area contributed by atoms with E-state index in [1.165, 1.54) is 11.0 Å². The lowest BCUT2D eigenvalue weighted by Crippen LogP contribution is -2.55. The van der Waals surface area contributed by atoms with E-state index in [2.05, 4.69) is 10.1 Å². The van der Waals surface area contributed by atoms with Gasteiger partial charge in [-0.1, -0.05) is 35.8 Å². The predicted molar refractivity (Wildman–Crippen MR) is 142 cm³/mol. The first-order valence-corrected chi connectivity index (χ1v) is 14.4. The third-order valence-corrected chi connectivity index (χ3v) is 9.28. The number of rotatable bonds is 5. The molecule has 0 bridgehead atoms. The largest absolute Gasteiger partial charge is 0.633 e. The van der Waals surface area contributed by atoms with Gasteiger partial charge in [0.15, 0.2) is 6.54 Å². The number of hydrogen-bond donors (Lipinski definition) is 1. The Morgan fingerprint density at radius 3 is 2.54 bits per heavy atom. The zero-order valence-electron chi connectivity index (χ0n) is 21.8. The van der Waals surface area contributed by atoms with Crippen molar-refractivity contribution in [2.24, 2.45) is 5.73 Å². The van der Waals surface area contributed by atoms with Crippen LogP contribution in [-0.2, 0) is 27.6 Å². The number of alkyl halides is 3. The van der Waals surface area contributed by atoms with Crippen LogP contribution in [0.3, 0.4) is 0 Å². The third kappa shape index (κ3) is 6.16. The number of piperidine rings is 1. The van der Waals surface area contributed by atoms with E-state index in [1.54, 1.807) is 31.2 Å². The van der Waals surface area contributed by atoms with Gasteiger partial charge in [0.2, 0.25) is 17.6 Å². The number of fused-ring (bicyclic) bond motifs is 1. The Bertz CT molecular complexity index is 1490. The molecule has 0 aliphatic carbocycles. The predicted octanol–water partition coefficient (Wildman–Crippen LogP) is 4.44. The maximum Gasteiger partial charge on any atom is 0.438 e. The second-order valence-electron chi connectivity index (χ2n) is 10.7. The van der Waals surface area contributed by atoms with Crippen molar-refractivity contribution in [3.63, 3.8) is 0 Å². The molecule has 0 saturated carbocycles. The number of nitrogens with zero attached hydrogens (tertiary/aromatic N) is 4. The van der Waals surface area contributed by atoms with Gasteiger partial charge in [-0.15, -0.1) is 0 Å². The SMILES string of the molecule is CC1(c2nc(-c3cc4c(cc3F)S(=O)C[C@H](N)C(=O)N4Cc3ccc(Cl)cc3)no2)CC[N+]([O-])(CC(F)(F)F)CC1. The maximum atomic E-state index is 15.4. The fraction of sp³-hybridized carbons (Fsp3) is 0.423. The Kier molecular flexibility index (Phi) is 7.74. The normalized spacial score (nSPS) is 27.0. The standard InChI is InChI=1S/C26H26ClF4N5O4S/c1-25(6-8-36(38,9-7-25)14-26(29,30)31)24-33-22(34-40-24)17-10-20-21(11-18(17)28)41(39)13-19(32)23(37)35(20)12-15-2-4-16(27)5-3-15/h2-5,10-11,19H,6-9,12-14,32H2,1H3/t19-,25?,36?,41?/m0/s1. The Hall–Kier alpha value is -2.91. The molecule has 0 radical (unpaired) electrons. The number of benzene rings is 2. The van der Waals surface area contributed by atoms with Gasteiger partial charge in [-0.05, 0) is 29.8 Å². The summed E-state index contributed by atoms with van der Waals surface area (Å²) in [6, 6.07) is 8.02. The quantitative estimate of drug-likeness (QED) is 0.256. The highest BCUT2D eigenvalue weighted by atomic mass is 35.5. The summed E-state index contributed by atoms with van der Waals surface area (Å²) in [6.07, 6.45) is -4.48. The van der Waals surface area contributed by atoms with E-state index in [9.17, 15) is 27.4 Å². The van der Waals surface area contributed by atoms with Crippen LogP contribution < -0.4 is 10.6 Å². The van der Waals surface area contributed by atoms with E-state index in [-0.39, 0.29) is 66.1 Å². The van der Waals surface area contributed by atoms with Crippen LogP contribution in [0.25, 0.3) is 11.4 Å². The lowest BCUT2D eigenvalue weighted by molar-refractivity contribution is -0.897. The molecule has 2 aromatic carbocycles. The van der Waals surface area contributed by atoms with Gasteiger partial charge in [-0.25, -0.2) is 4.39 Å². The number of amides is 1. The van der Waals surface area contributed by atoms with Gasteiger partial charge in [-0.2, -0.15) is 18.2 Å². The first-order valence-electron chi connectivity index (χ1n) is 12.7. The first kappa shape index (κ1) is 29.6. The second-order valence-corrected chi connectivity index (χ2v) is 12.6. The van der Waals surface area contributed by atoms with Crippen LogP contribution in [0, 0.1) is 11.0 Å². The van der Waals surface area contributed by atoms with Crippen molar-refractivity contribution in [1.82, 2.24) is 10.1 Å². The summed E-state index contributed by atoms with van der Waals surface area (Å²) in [6.45, 7) is -0.328. The van der Waals surface area contributed by atoms with Crippen molar-refractivity contribution in [3.8, 4) is 11.4 Å². The number of carbonyl (C=O) groups excluding carboxylic acids is 1. The highest BCUT2D eigenvalue weighted by molar-refractivity contribution is 7.85. The molecule has 1 aromatic heterocycles. The van der Waals surface area contributed by atoms with Gasteiger partial charge in [0.25, 0.3) is 0 Å². The van der Waals surface area contributed by atoms with Gasteiger partial charge in [-0.3, -0.25) is 9.00 Å². The minimum Gasteiger partial charge on any atom is -0.633 e. The molecule has 220 valence electrons. The molecule has 1 fully saturated rings. The molecule has 15 heteroatoms. The summed E-state index contributed by atoms with van der Waals surface area (Å²) in [4.78, 5) is 19.0. The van der Waals surface area contributed by atoms with Crippen molar-refractivity contribution in [2.45, 2.75) is 48.8 Å². The van der Waals surface area contributed by atoms with Crippen molar-refractivity contribution in [1.29, 1.82) is 0 Å². The third-order valence-electron chi connectivity index (χ3n) is 7.55. The number of hydrogen-bond acceptors (Lipinski definition) is 7. The van der Waals surface area contributed by atoms with E-state index in [0.29, 0.717) is 10.6 Å². The fourth-order valence-electron chi connectivity index (χ4n) is 5.10. The van der Waals surface area contributed by atoms with E-state index in [0.717, 1.165) is 6.07 Å². The molecule has 2 aliphatic rings. The zero-order chi connectivity index (χ0) is 29.7. The van der Waals surface area contributed by atoms with Crippen LogP contribution in [-0.4, -0.2) is 62.5 Å². The lowest BCUT2D eigenvalue weighted by Gasteiger charge is -2.49. The van der Waals surface area contributed by atoms with Gasteiger partial charge in [0.05, 0.1) is 63.8 Å². The van der Waals surface area contributed by atoms with E-state index >= 15 is 4.39 Å². The number of hydroxylamine groups is 3. The van der Waals surface area contributed by atoms with Gasteiger partial charge >= 0.3 is 6.18 Å². The minimum atomic E-state index is -4.59. The molecular weight excluding hydrogens is 590 g/mol. The molecular formula is C26H26ClF4N5O4S. The summed E-state index contributed by atoms with van der Waals surface area (Å²) in [5, 5.41) is 17.0. The average molecular weight is 616 g/mol. The molecule has 3 heterocycles. The topological polar surface area (TPSA) is 125 Å². The Balaban J connectivity index is 1.47. The summed E-state index contributed by atoms with van der Waals surface area (Å²) in [5.41, 5.74) is 5.87. The molecule has 1 saturated heterocycles. The second kappa shape index (κ2) is 10.7. The molecule has 1 amide bonds. The van der Waals surface area contributed by atoms with Crippen LogP contribution in [0.5, 0.6) is 0 Å². The Morgan fingerprint density at radius 1 is 1.24 bits per heavy atom. The summed E-state index contributed by atoms with van der Waals surface area (Å²) >= 11 is 5.98. The number of quaternary nitrogens is 1. The van der Waals surface area contributed by atoms with E-state index < -0.39 is 51.3 Å². The average Bonchev–Trinajstić information content (AvgIpc) is 3.37. The Labute approximate surface area is 239 Å². The van der Waals surface area contributed by atoms with Crippen LogP contribution >= 0.6 is 11.6 Å². The molecule has 5 rings (SSSR count). The maximum absolute atomic E-state index is 15.4. The number of likely N-dealkylation sites (tertiary alicyclic amines) is 1. The number of halogens is 5. The number of anilines is 1. The van der Waals surface area contributed by atoms with Crippen molar-refractivity contribution in [2.75, 3.05) is 30.3 Å². The molecule has 2 atom stereocenters. The first-order chi connectivity index (χ1) is 19.2. The van der Waals surface area contributed by atoms with Crippen LogP contribution in [0.15, 0.2) is 45.8 Å². The van der Waals surface area contributed by atoms with Gasteiger partial charge in [0.1, 0.15) is 5.82 Å². The zero-order valence-corrected chi connectivity index (χ0v) is 23.4. The number of carbonyl (C=O) groups is 1. The fourth-order valence-corrected chi connectivity index (χ4v) is 6.51. The Morgan fingerprint density at radius 2 is 1.90 bits per heavy atom.